The van der Waals surface area contributed by atoms with Crippen LogP contribution < -0.4 is 0 Å². The molecule has 126 valence electrons. The first kappa shape index (κ1) is 17.3. The summed E-state index contributed by atoms with van der Waals surface area (Å²) in [6.45, 7) is 4.59. The topological polar surface area (TPSA) is 0 Å². The number of hydrogen-bond donors (Lipinski definition) is 0. The molecule has 2 aromatic carbocycles. The van der Waals surface area contributed by atoms with Gasteiger partial charge < -0.3 is 0 Å². The Balaban J connectivity index is 2.06. The van der Waals surface area contributed by atoms with Gasteiger partial charge in [0, 0.05) is 4.90 Å². The van der Waals surface area contributed by atoms with Crippen LogP contribution in [0.5, 0.6) is 0 Å². The summed E-state index contributed by atoms with van der Waals surface area (Å²) in [6, 6.07) is 15.9. The molecule has 0 spiro atoms. The molecular formula is C22H25FS. The lowest BCUT2D eigenvalue weighted by Crippen LogP contribution is -2.14. The number of hydrogen-bond acceptors (Lipinski definition) is 1. The molecule has 1 aliphatic rings. The van der Waals surface area contributed by atoms with Crippen LogP contribution in [0.2, 0.25) is 0 Å². The maximum atomic E-state index is 13.3. The van der Waals surface area contributed by atoms with E-state index in [9.17, 15) is 4.39 Å². The van der Waals surface area contributed by atoms with Crippen molar-refractivity contribution in [2.75, 3.05) is 6.26 Å². The Morgan fingerprint density at radius 3 is 1.71 bits per heavy atom. The molecule has 0 heterocycles. The lowest BCUT2D eigenvalue weighted by Gasteiger charge is -2.26. The maximum Gasteiger partial charge on any atom is 0.123 e. The van der Waals surface area contributed by atoms with Crippen LogP contribution in [-0.2, 0) is 0 Å². The van der Waals surface area contributed by atoms with E-state index < -0.39 is 0 Å². The molecule has 24 heavy (non-hydrogen) atoms. The summed E-state index contributed by atoms with van der Waals surface area (Å²) < 4.78 is 13.3. The summed E-state index contributed by atoms with van der Waals surface area (Å²) >= 11 is 1.77. The predicted octanol–water partition coefficient (Wildman–Crippen LogP) is 7.06. The average Bonchev–Trinajstić information content (AvgIpc) is 3.03. The molecule has 0 fully saturated rings. The van der Waals surface area contributed by atoms with Crippen molar-refractivity contribution < 1.29 is 4.39 Å². The molecule has 0 saturated carbocycles. The van der Waals surface area contributed by atoms with Gasteiger partial charge in [-0.25, -0.2) is 4.39 Å². The Bertz CT molecular complexity index is 722. The van der Waals surface area contributed by atoms with Crippen molar-refractivity contribution in [1.82, 2.24) is 0 Å². The van der Waals surface area contributed by atoms with Crippen LogP contribution in [0.3, 0.4) is 0 Å². The summed E-state index contributed by atoms with van der Waals surface area (Å²) in [5.41, 5.74) is 5.67. The minimum absolute atomic E-state index is 0.166. The van der Waals surface area contributed by atoms with Crippen LogP contribution in [0.1, 0.15) is 50.7 Å². The van der Waals surface area contributed by atoms with Gasteiger partial charge >= 0.3 is 0 Å². The van der Waals surface area contributed by atoms with Crippen LogP contribution in [0, 0.1) is 11.2 Å². The van der Waals surface area contributed by atoms with E-state index >= 15 is 0 Å². The van der Waals surface area contributed by atoms with Crippen molar-refractivity contribution in [3.8, 4) is 0 Å². The average molecular weight is 341 g/mol. The number of rotatable bonds is 5. The van der Waals surface area contributed by atoms with Gasteiger partial charge in [-0.15, -0.1) is 11.8 Å². The van der Waals surface area contributed by atoms with Gasteiger partial charge in [-0.3, -0.25) is 0 Å². The standard InChI is InChI=1S/C22H25FS/c1-4-22(5-2)14-20(16-6-10-18(23)11-7-16)21(15-22)17-8-12-19(24-3)13-9-17/h6-13H,4-5,14-15H2,1-3H3. The monoisotopic (exact) mass is 340 g/mol. The lowest BCUT2D eigenvalue weighted by molar-refractivity contribution is 0.291. The molecule has 3 rings (SSSR count). The molecular weight excluding hydrogens is 315 g/mol. The highest BCUT2D eigenvalue weighted by atomic mass is 32.2. The van der Waals surface area contributed by atoms with Gasteiger partial charge in [-0.05, 0) is 83.9 Å². The smallest absolute Gasteiger partial charge is 0.123 e. The van der Waals surface area contributed by atoms with Gasteiger partial charge in [-0.1, -0.05) is 38.1 Å². The van der Waals surface area contributed by atoms with Crippen molar-refractivity contribution in [3.63, 3.8) is 0 Å². The maximum absolute atomic E-state index is 13.3. The van der Waals surface area contributed by atoms with E-state index in [1.54, 1.807) is 23.9 Å². The SMILES string of the molecule is CCC1(CC)CC(c2ccc(F)cc2)=C(c2ccc(SC)cc2)C1. The second kappa shape index (κ2) is 7.14. The van der Waals surface area contributed by atoms with Crippen molar-refractivity contribution in [1.29, 1.82) is 0 Å². The molecule has 0 aliphatic heterocycles. The molecule has 0 aromatic heterocycles. The minimum Gasteiger partial charge on any atom is -0.207 e. The van der Waals surface area contributed by atoms with Crippen LogP contribution in [-0.4, -0.2) is 6.26 Å². The zero-order chi connectivity index (χ0) is 17.2. The van der Waals surface area contributed by atoms with E-state index in [1.165, 1.54) is 40.0 Å². The molecule has 0 atom stereocenters. The van der Waals surface area contributed by atoms with E-state index in [-0.39, 0.29) is 5.82 Å². The first-order chi connectivity index (χ1) is 11.6. The van der Waals surface area contributed by atoms with Crippen molar-refractivity contribution >= 4 is 22.9 Å². The fourth-order valence-corrected chi connectivity index (χ4v) is 4.18. The normalized spacial score (nSPS) is 16.7. The molecule has 1 aliphatic carbocycles. The Kier molecular flexibility index (Phi) is 5.15. The molecule has 0 amide bonds. The van der Waals surface area contributed by atoms with E-state index in [0.29, 0.717) is 5.41 Å². The molecule has 0 bridgehead atoms. The Morgan fingerprint density at radius 2 is 1.29 bits per heavy atom. The largest absolute Gasteiger partial charge is 0.207 e. The van der Waals surface area contributed by atoms with Crippen LogP contribution in [0.4, 0.5) is 4.39 Å². The fourth-order valence-electron chi connectivity index (χ4n) is 3.77. The Morgan fingerprint density at radius 1 is 0.833 bits per heavy atom. The van der Waals surface area contributed by atoms with Gasteiger partial charge in [0.05, 0.1) is 0 Å². The van der Waals surface area contributed by atoms with Gasteiger partial charge in [0.15, 0.2) is 0 Å². The van der Waals surface area contributed by atoms with Gasteiger partial charge in [0.2, 0.25) is 0 Å². The summed E-state index contributed by atoms with van der Waals surface area (Å²) in [6.07, 6.45) is 6.67. The van der Waals surface area contributed by atoms with Crippen molar-refractivity contribution in [3.05, 3.63) is 65.5 Å². The second-order valence-corrected chi connectivity index (χ2v) is 7.63. The predicted molar refractivity (Wildman–Crippen MR) is 104 cm³/mol. The minimum atomic E-state index is -0.166. The summed E-state index contributed by atoms with van der Waals surface area (Å²) in [4.78, 5) is 1.29. The first-order valence-corrected chi connectivity index (χ1v) is 9.95. The highest BCUT2D eigenvalue weighted by Crippen LogP contribution is 2.53. The fraction of sp³-hybridized carbons (Fsp3) is 0.364. The zero-order valence-corrected chi connectivity index (χ0v) is 15.5. The van der Waals surface area contributed by atoms with Gasteiger partial charge in [0.25, 0.3) is 0 Å². The molecule has 0 unspecified atom stereocenters. The molecule has 0 N–H and O–H groups in total. The summed E-state index contributed by atoms with van der Waals surface area (Å²) in [7, 11) is 0. The number of allylic oxidation sites excluding steroid dienone is 2. The number of benzene rings is 2. The second-order valence-electron chi connectivity index (χ2n) is 6.75. The molecule has 0 nitrogen and oxygen atoms in total. The van der Waals surface area contributed by atoms with Gasteiger partial charge in [0.1, 0.15) is 5.82 Å². The summed E-state index contributed by atoms with van der Waals surface area (Å²) in [5.74, 6) is -0.166. The van der Waals surface area contributed by atoms with Crippen molar-refractivity contribution in [2.24, 2.45) is 5.41 Å². The van der Waals surface area contributed by atoms with Crippen LogP contribution in [0.15, 0.2) is 53.4 Å². The van der Waals surface area contributed by atoms with Crippen LogP contribution >= 0.6 is 11.8 Å². The van der Waals surface area contributed by atoms with E-state index in [0.717, 1.165) is 12.8 Å². The molecule has 2 heteroatoms. The molecule has 2 aromatic rings. The summed E-state index contributed by atoms with van der Waals surface area (Å²) in [5, 5.41) is 0. The van der Waals surface area contributed by atoms with E-state index in [4.69, 9.17) is 0 Å². The highest BCUT2D eigenvalue weighted by Gasteiger charge is 2.36. The molecule has 0 saturated heterocycles. The number of halogens is 1. The quantitative estimate of drug-likeness (QED) is 0.525. The third-order valence-electron chi connectivity index (χ3n) is 5.60. The van der Waals surface area contributed by atoms with Gasteiger partial charge in [-0.2, -0.15) is 0 Å². The number of thioether (sulfide) groups is 1. The third kappa shape index (κ3) is 3.30. The van der Waals surface area contributed by atoms with E-state index in [1.807, 2.05) is 12.1 Å². The van der Waals surface area contributed by atoms with E-state index in [2.05, 4.69) is 44.4 Å². The highest BCUT2D eigenvalue weighted by molar-refractivity contribution is 7.98. The first-order valence-electron chi connectivity index (χ1n) is 8.73. The van der Waals surface area contributed by atoms with Crippen molar-refractivity contribution in [2.45, 2.75) is 44.4 Å². The Labute approximate surface area is 149 Å². The third-order valence-corrected chi connectivity index (χ3v) is 6.34. The van der Waals surface area contributed by atoms with Crippen LogP contribution in [0.25, 0.3) is 11.1 Å². The Hall–Kier alpha value is -1.54. The molecule has 0 radical (unpaired) electrons. The zero-order valence-electron chi connectivity index (χ0n) is 14.7. The lowest BCUT2D eigenvalue weighted by atomic mass is 9.78.